The van der Waals surface area contributed by atoms with Crippen molar-refractivity contribution in [3.05, 3.63) is 77.9 Å². The molecule has 0 saturated heterocycles. The van der Waals surface area contributed by atoms with E-state index < -0.39 is 0 Å². The summed E-state index contributed by atoms with van der Waals surface area (Å²) in [4.78, 5) is 12.1. The number of carbonyl (C=O) groups is 1. The number of aryl methyl sites for hydroxylation is 1. The van der Waals surface area contributed by atoms with Crippen molar-refractivity contribution in [2.24, 2.45) is 0 Å². The van der Waals surface area contributed by atoms with Crippen molar-refractivity contribution in [3.63, 3.8) is 0 Å². The van der Waals surface area contributed by atoms with Gasteiger partial charge in [-0.3, -0.25) is 4.79 Å². The summed E-state index contributed by atoms with van der Waals surface area (Å²) in [6.45, 7) is 2.63. The number of carbonyl (C=O) groups excluding carboxylic acids is 1. The zero-order valence-electron chi connectivity index (χ0n) is 14.8. The van der Waals surface area contributed by atoms with E-state index in [4.69, 9.17) is 4.74 Å². The third kappa shape index (κ3) is 4.64. The van der Waals surface area contributed by atoms with Gasteiger partial charge in [-0.25, -0.2) is 0 Å². The normalized spacial score (nSPS) is 10.0. The molecule has 0 unspecified atom stereocenters. The first-order valence-corrected chi connectivity index (χ1v) is 8.61. The molecule has 0 atom stereocenters. The van der Waals surface area contributed by atoms with Gasteiger partial charge in [0.1, 0.15) is 12.4 Å². The number of nitrogens with one attached hydrogen (secondary N) is 1. The third-order valence-electron chi connectivity index (χ3n) is 4.12. The molecule has 3 nitrogen and oxygen atoms in total. The molecule has 0 radical (unpaired) electrons. The highest BCUT2D eigenvalue weighted by atomic mass is 16.5. The first-order valence-electron chi connectivity index (χ1n) is 8.61. The van der Waals surface area contributed by atoms with Gasteiger partial charge in [-0.1, -0.05) is 72.5 Å². The Kier molecular flexibility index (Phi) is 5.90. The Hall–Kier alpha value is -3.25. The quantitative estimate of drug-likeness (QED) is 0.714. The monoisotopic (exact) mass is 343 g/mol. The molecule has 0 heterocycles. The molecule has 3 rings (SSSR count). The first-order chi connectivity index (χ1) is 12.7. The number of benzene rings is 3. The lowest BCUT2D eigenvalue weighted by Gasteiger charge is -2.06. The van der Waals surface area contributed by atoms with Gasteiger partial charge in [0, 0.05) is 0 Å². The number of hydrogen-bond acceptors (Lipinski definition) is 2. The van der Waals surface area contributed by atoms with E-state index in [-0.39, 0.29) is 5.91 Å². The van der Waals surface area contributed by atoms with E-state index in [2.05, 4.69) is 29.3 Å². The van der Waals surface area contributed by atoms with Crippen LogP contribution in [-0.4, -0.2) is 19.1 Å². The lowest BCUT2D eigenvalue weighted by molar-refractivity contribution is -0.120. The Bertz CT molecular complexity index is 961. The Morgan fingerprint density at radius 2 is 1.73 bits per heavy atom. The van der Waals surface area contributed by atoms with Crippen molar-refractivity contribution < 1.29 is 9.53 Å². The van der Waals surface area contributed by atoms with Gasteiger partial charge in [0.25, 0.3) is 0 Å². The predicted molar refractivity (Wildman–Crippen MR) is 105 cm³/mol. The smallest absolute Gasteiger partial charge is 0.225 e. The number of para-hydroxylation sites is 1. The van der Waals surface area contributed by atoms with E-state index >= 15 is 0 Å². The minimum Gasteiger partial charge on any atom is -0.481 e. The van der Waals surface area contributed by atoms with Crippen LogP contribution in [-0.2, 0) is 11.2 Å². The lowest BCUT2D eigenvalue weighted by atomic mass is 10.0. The van der Waals surface area contributed by atoms with Gasteiger partial charge in [-0.15, -0.1) is 0 Å². The Balaban J connectivity index is 1.47. The maximum absolute atomic E-state index is 12.1. The molecule has 0 fully saturated rings. The molecule has 0 aliphatic heterocycles. The molecule has 0 aliphatic rings. The zero-order valence-corrected chi connectivity index (χ0v) is 14.8. The highest BCUT2D eigenvalue weighted by Gasteiger charge is 2.05. The molecule has 1 amide bonds. The first kappa shape index (κ1) is 17.6. The van der Waals surface area contributed by atoms with Crippen molar-refractivity contribution in [3.8, 4) is 17.6 Å². The fourth-order valence-electron chi connectivity index (χ4n) is 2.77. The van der Waals surface area contributed by atoms with Crippen LogP contribution in [0.4, 0.5) is 0 Å². The van der Waals surface area contributed by atoms with Crippen LogP contribution in [0.1, 0.15) is 11.1 Å². The molecule has 3 heteroatoms. The van der Waals surface area contributed by atoms with E-state index in [0.29, 0.717) is 19.6 Å². The van der Waals surface area contributed by atoms with Crippen LogP contribution < -0.4 is 10.1 Å². The summed E-state index contributed by atoms with van der Waals surface area (Å²) in [5, 5.41) is 5.10. The molecule has 26 heavy (non-hydrogen) atoms. The number of hydrogen-bond donors (Lipinski definition) is 1. The molecule has 0 spiro atoms. The second-order valence-corrected chi connectivity index (χ2v) is 6.00. The second-order valence-electron chi connectivity index (χ2n) is 6.00. The molecule has 0 aliphatic carbocycles. The van der Waals surface area contributed by atoms with Gasteiger partial charge in [-0.2, -0.15) is 0 Å². The standard InChI is InChI=1S/C23H21NO2/c1-18-9-2-5-14-22(18)26-16-7-6-15-24-23(25)17-20-12-8-11-19-10-3-4-13-21(19)20/h2-5,8-14H,15-17H2,1H3,(H,24,25). The average molecular weight is 343 g/mol. The van der Waals surface area contributed by atoms with E-state index in [1.807, 2.05) is 61.5 Å². The zero-order chi connectivity index (χ0) is 18.2. The second kappa shape index (κ2) is 8.73. The van der Waals surface area contributed by atoms with Crippen LogP contribution in [0.5, 0.6) is 5.75 Å². The molecular weight excluding hydrogens is 322 g/mol. The van der Waals surface area contributed by atoms with Crippen molar-refractivity contribution in [1.29, 1.82) is 0 Å². The largest absolute Gasteiger partial charge is 0.481 e. The van der Waals surface area contributed by atoms with Crippen LogP contribution in [0.25, 0.3) is 10.8 Å². The molecular formula is C23H21NO2. The van der Waals surface area contributed by atoms with Crippen LogP contribution >= 0.6 is 0 Å². The van der Waals surface area contributed by atoms with E-state index in [0.717, 1.165) is 27.6 Å². The van der Waals surface area contributed by atoms with E-state index in [1.165, 1.54) is 0 Å². The average Bonchev–Trinajstić information content (AvgIpc) is 2.66. The molecule has 130 valence electrons. The van der Waals surface area contributed by atoms with Crippen molar-refractivity contribution >= 4 is 16.7 Å². The summed E-state index contributed by atoms with van der Waals surface area (Å²) < 4.78 is 5.60. The molecule has 0 bridgehead atoms. The highest BCUT2D eigenvalue weighted by molar-refractivity contribution is 5.90. The molecule has 1 N–H and O–H groups in total. The summed E-state index contributed by atoms with van der Waals surface area (Å²) in [6.07, 6.45) is 0.350. The third-order valence-corrected chi connectivity index (χ3v) is 4.12. The van der Waals surface area contributed by atoms with Gasteiger partial charge in [0.2, 0.25) is 5.91 Å². The van der Waals surface area contributed by atoms with Crippen LogP contribution in [0.2, 0.25) is 0 Å². The fourth-order valence-corrected chi connectivity index (χ4v) is 2.77. The van der Waals surface area contributed by atoms with Crippen molar-refractivity contribution in [2.75, 3.05) is 13.2 Å². The SMILES string of the molecule is Cc1ccccc1OCC#CCNC(=O)Cc1cccc2ccccc12. The van der Waals surface area contributed by atoms with Crippen LogP contribution in [0, 0.1) is 18.8 Å². The van der Waals surface area contributed by atoms with Gasteiger partial charge in [0.05, 0.1) is 13.0 Å². The fraction of sp³-hybridized carbons (Fsp3) is 0.174. The number of amides is 1. The van der Waals surface area contributed by atoms with Gasteiger partial charge >= 0.3 is 0 Å². The summed E-state index contributed by atoms with van der Waals surface area (Å²) in [6, 6.07) is 21.9. The minimum atomic E-state index is -0.0320. The predicted octanol–water partition coefficient (Wildman–Crippen LogP) is 3.89. The molecule has 0 saturated carbocycles. The van der Waals surface area contributed by atoms with Crippen molar-refractivity contribution in [2.45, 2.75) is 13.3 Å². The number of ether oxygens (including phenoxy) is 1. The van der Waals surface area contributed by atoms with E-state index in [1.54, 1.807) is 0 Å². The summed E-state index contributed by atoms with van der Waals surface area (Å²) in [7, 11) is 0. The van der Waals surface area contributed by atoms with Crippen molar-refractivity contribution in [1.82, 2.24) is 5.32 Å². The molecule has 3 aromatic rings. The van der Waals surface area contributed by atoms with Gasteiger partial charge in [-0.05, 0) is 34.9 Å². The molecule has 3 aromatic carbocycles. The Morgan fingerprint density at radius 1 is 0.962 bits per heavy atom. The highest BCUT2D eigenvalue weighted by Crippen LogP contribution is 2.18. The summed E-state index contributed by atoms with van der Waals surface area (Å²) in [5.74, 6) is 6.65. The van der Waals surface area contributed by atoms with Gasteiger partial charge < -0.3 is 10.1 Å². The topological polar surface area (TPSA) is 38.3 Å². The minimum absolute atomic E-state index is 0.0320. The van der Waals surface area contributed by atoms with E-state index in [9.17, 15) is 4.79 Å². The summed E-state index contributed by atoms with van der Waals surface area (Å²) >= 11 is 0. The Morgan fingerprint density at radius 3 is 2.62 bits per heavy atom. The maximum Gasteiger partial charge on any atom is 0.225 e. The van der Waals surface area contributed by atoms with Gasteiger partial charge in [0.15, 0.2) is 0 Å². The molecule has 0 aromatic heterocycles. The number of fused-ring (bicyclic) bond motifs is 1. The Labute approximate surface area is 154 Å². The lowest BCUT2D eigenvalue weighted by Crippen LogP contribution is -2.25. The maximum atomic E-state index is 12.1. The number of rotatable bonds is 5. The summed E-state index contributed by atoms with van der Waals surface area (Å²) in [5.41, 5.74) is 2.11. The van der Waals surface area contributed by atoms with Crippen LogP contribution in [0.15, 0.2) is 66.7 Å². The van der Waals surface area contributed by atoms with Crippen LogP contribution in [0.3, 0.4) is 0 Å².